The molecule has 0 radical (unpaired) electrons. The van der Waals surface area contributed by atoms with E-state index < -0.39 is 34.5 Å². The number of urea groups is 1. The van der Waals surface area contributed by atoms with E-state index in [1.54, 1.807) is 0 Å². The molecule has 2 rings (SSSR count). The van der Waals surface area contributed by atoms with Gasteiger partial charge >= 0.3 is 12.0 Å². The molecule has 0 saturated carbocycles. The van der Waals surface area contributed by atoms with Crippen LogP contribution in [-0.2, 0) is 19.6 Å². The van der Waals surface area contributed by atoms with Crippen LogP contribution < -0.4 is 15.4 Å². The second kappa shape index (κ2) is 10.8. The maximum absolute atomic E-state index is 12.6. The van der Waals surface area contributed by atoms with Crippen LogP contribution in [0.15, 0.2) is 53.4 Å². The van der Waals surface area contributed by atoms with Crippen molar-refractivity contribution in [1.82, 2.24) is 10.6 Å². The maximum atomic E-state index is 12.6. The van der Waals surface area contributed by atoms with Crippen molar-refractivity contribution in [3.05, 3.63) is 59.1 Å². The number of carbonyl (C=O) groups is 3. The fraction of sp³-hybridized carbons (Fsp3) is 0.250. The van der Waals surface area contributed by atoms with Gasteiger partial charge in [0.25, 0.3) is 15.9 Å². The quantitative estimate of drug-likeness (QED) is 0.511. The van der Waals surface area contributed by atoms with Crippen LogP contribution in [0, 0.1) is 5.92 Å². The fourth-order valence-corrected chi connectivity index (χ4v) is 3.49. The number of rotatable bonds is 8. The van der Waals surface area contributed by atoms with Crippen molar-refractivity contribution < 1.29 is 27.5 Å². The molecule has 0 heterocycles. The number of ether oxygens (including phenoxy) is 1. The first-order valence-electron chi connectivity index (χ1n) is 9.20. The summed E-state index contributed by atoms with van der Waals surface area (Å²) in [5.41, 5.74) is -0.130. The first-order chi connectivity index (χ1) is 14.6. The minimum absolute atomic E-state index is 0.0301. The molecule has 3 N–H and O–H groups in total. The Morgan fingerprint density at radius 1 is 1.03 bits per heavy atom. The van der Waals surface area contributed by atoms with Gasteiger partial charge in [-0.15, -0.1) is 0 Å². The highest BCUT2D eigenvalue weighted by molar-refractivity contribution is 7.92. The second-order valence-electron chi connectivity index (χ2n) is 6.83. The molecule has 0 fully saturated rings. The van der Waals surface area contributed by atoms with Crippen molar-refractivity contribution in [2.45, 2.75) is 18.7 Å². The Morgan fingerprint density at radius 3 is 2.32 bits per heavy atom. The molecule has 3 amide bonds. The molecule has 0 saturated heterocycles. The van der Waals surface area contributed by atoms with Crippen molar-refractivity contribution in [2.24, 2.45) is 5.92 Å². The molecular weight excluding hydrogens is 446 g/mol. The lowest BCUT2D eigenvalue weighted by Crippen LogP contribution is -2.42. The van der Waals surface area contributed by atoms with Gasteiger partial charge in [-0.2, -0.15) is 0 Å². The van der Waals surface area contributed by atoms with Gasteiger partial charge in [-0.1, -0.05) is 37.6 Å². The summed E-state index contributed by atoms with van der Waals surface area (Å²) in [6.45, 7) is 3.44. The number of hydrogen-bond acceptors (Lipinski definition) is 6. The topological polar surface area (TPSA) is 131 Å². The van der Waals surface area contributed by atoms with Gasteiger partial charge in [-0.25, -0.2) is 18.0 Å². The first kappa shape index (κ1) is 24.2. The van der Waals surface area contributed by atoms with E-state index in [9.17, 15) is 22.8 Å². The summed E-state index contributed by atoms with van der Waals surface area (Å²) < 4.78 is 32.4. The number of para-hydroxylation sites is 1. The highest BCUT2D eigenvalue weighted by Crippen LogP contribution is 2.22. The van der Waals surface area contributed by atoms with E-state index in [0.717, 1.165) is 0 Å². The van der Waals surface area contributed by atoms with Crippen LogP contribution in [0.3, 0.4) is 0 Å². The zero-order valence-corrected chi connectivity index (χ0v) is 18.4. The van der Waals surface area contributed by atoms with Crippen molar-refractivity contribution >= 4 is 45.2 Å². The van der Waals surface area contributed by atoms with Crippen LogP contribution in [0.5, 0.6) is 0 Å². The molecule has 0 spiro atoms. The first-order valence-corrected chi connectivity index (χ1v) is 11.1. The lowest BCUT2D eigenvalue weighted by Gasteiger charge is -2.12. The summed E-state index contributed by atoms with van der Waals surface area (Å²) in [5.74, 6) is -1.56. The summed E-state index contributed by atoms with van der Waals surface area (Å²) in [6.07, 6.45) is 0. The minimum Gasteiger partial charge on any atom is -0.452 e. The van der Waals surface area contributed by atoms with Crippen LogP contribution in [0.4, 0.5) is 10.5 Å². The van der Waals surface area contributed by atoms with Crippen LogP contribution in [0.1, 0.15) is 24.2 Å². The Balaban J connectivity index is 2.02. The predicted molar refractivity (Wildman–Crippen MR) is 115 cm³/mol. The molecule has 0 atom stereocenters. The molecule has 0 unspecified atom stereocenters. The standard InChI is InChI=1S/C20H22ClN3O6S/c1-13(2)11-22-20(27)23-18(25)12-30-19(26)16-5-3-4-6-17(16)24-31(28,29)15-9-7-14(21)8-10-15/h3-10,13,24H,11-12H2,1-2H3,(H2,22,23,25,27). The molecule has 9 nitrogen and oxygen atoms in total. The summed E-state index contributed by atoms with van der Waals surface area (Å²) in [6, 6.07) is 10.5. The Labute approximate surface area is 185 Å². The number of hydrogen-bond donors (Lipinski definition) is 3. The molecule has 11 heteroatoms. The van der Waals surface area contributed by atoms with Crippen molar-refractivity contribution in [2.75, 3.05) is 17.9 Å². The van der Waals surface area contributed by atoms with Crippen LogP contribution in [-0.4, -0.2) is 39.5 Å². The van der Waals surface area contributed by atoms with Gasteiger partial charge in [-0.05, 0) is 42.3 Å². The number of halogens is 1. The summed E-state index contributed by atoms with van der Waals surface area (Å²) in [4.78, 5) is 35.7. The number of amides is 3. The third kappa shape index (κ3) is 7.58. The van der Waals surface area contributed by atoms with Gasteiger partial charge < -0.3 is 10.1 Å². The Kier molecular flexibility index (Phi) is 8.40. The van der Waals surface area contributed by atoms with E-state index in [1.807, 2.05) is 19.2 Å². The van der Waals surface area contributed by atoms with Gasteiger partial charge in [0.1, 0.15) is 0 Å². The Hall–Kier alpha value is -3.11. The summed E-state index contributed by atoms with van der Waals surface area (Å²) >= 11 is 5.78. The van der Waals surface area contributed by atoms with Crippen LogP contribution in [0.25, 0.3) is 0 Å². The number of anilines is 1. The molecule has 2 aromatic rings. The molecule has 0 aromatic heterocycles. The van der Waals surface area contributed by atoms with Gasteiger partial charge in [0.15, 0.2) is 6.61 Å². The van der Waals surface area contributed by atoms with Crippen molar-refractivity contribution in [1.29, 1.82) is 0 Å². The van der Waals surface area contributed by atoms with Crippen LogP contribution in [0.2, 0.25) is 5.02 Å². The highest BCUT2D eigenvalue weighted by Gasteiger charge is 2.20. The number of imide groups is 1. The Morgan fingerprint density at radius 2 is 1.68 bits per heavy atom. The SMILES string of the molecule is CC(C)CNC(=O)NC(=O)COC(=O)c1ccccc1NS(=O)(=O)c1ccc(Cl)cc1. The van der Waals surface area contributed by atoms with Crippen LogP contribution >= 0.6 is 11.6 Å². The van der Waals surface area contributed by atoms with Crippen molar-refractivity contribution in [3.8, 4) is 0 Å². The maximum Gasteiger partial charge on any atom is 0.340 e. The zero-order chi connectivity index (χ0) is 23.0. The summed E-state index contributed by atoms with van der Waals surface area (Å²) in [7, 11) is -4.00. The van der Waals surface area contributed by atoms with Crippen molar-refractivity contribution in [3.63, 3.8) is 0 Å². The van der Waals surface area contributed by atoms with Gasteiger partial charge in [0, 0.05) is 11.6 Å². The molecule has 0 aliphatic rings. The normalized spacial score (nSPS) is 11.0. The van der Waals surface area contributed by atoms with E-state index in [4.69, 9.17) is 16.3 Å². The van der Waals surface area contributed by atoms with Gasteiger partial charge in [0.2, 0.25) is 0 Å². The molecule has 0 bridgehead atoms. The summed E-state index contributed by atoms with van der Waals surface area (Å²) in [5, 5.41) is 4.90. The fourth-order valence-electron chi connectivity index (χ4n) is 2.28. The third-order valence-corrected chi connectivity index (χ3v) is 5.41. The molecule has 0 aliphatic carbocycles. The highest BCUT2D eigenvalue weighted by atomic mass is 35.5. The predicted octanol–water partition coefficient (Wildman–Crippen LogP) is 2.78. The van der Waals surface area contributed by atoms with Gasteiger partial charge in [0.05, 0.1) is 16.1 Å². The van der Waals surface area contributed by atoms with E-state index in [0.29, 0.717) is 11.6 Å². The molecule has 2 aromatic carbocycles. The molecule has 0 aliphatic heterocycles. The molecule has 31 heavy (non-hydrogen) atoms. The third-order valence-electron chi connectivity index (χ3n) is 3.77. The lowest BCUT2D eigenvalue weighted by atomic mass is 10.2. The van der Waals surface area contributed by atoms with E-state index >= 15 is 0 Å². The number of esters is 1. The Bertz CT molecular complexity index is 1050. The average Bonchev–Trinajstić information content (AvgIpc) is 2.71. The number of benzene rings is 2. The van der Waals surface area contributed by atoms with E-state index in [1.165, 1.54) is 48.5 Å². The number of carbonyl (C=O) groups excluding carboxylic acids is 3. The van der Waals surface area contributed by atoms with Gasteiger partial charge in [-0.3, -0.25) is 14.8 Å². The van der Waals surface area contributed by atoms with E-state index in [2.05, 4.69) is 10.0 Å². The zero-order valence-electron chi connectivity index (χ0n) is 16.8. The molecule has 166 valence electrons. The smallest absolute Gasteiger partial charge is 0.340 e. The lowest BCUT2D eigenvalue weighted by molar-refractivity contribution is -0.123. The number of nitrogens with one attached hydrogen (secondary N) is 3. The largest absolute Gasteiger partial charge is 0.452 e. The minimum atomic E-state index is -4.00. The molecular formula is C20H22ClN3O6S. The average molecular weight is 468 g/mol. The monoisotopic (exact) mass is 467 g/mol. The second-order valence-corrected chi connectivity index (χ2v) is 8.95. The van der Waals surface area contributed by atoms with E-state index in [-0.39, 0.29) is 22.1 Å². The number of sulfonamides is 1.